The van der Waals surface area contributed by atoms with E-state index >= 15 is 0 Å². The number of likely N-dealkylation sites (N-methyl/N-ethyl adjacent to an activating group) is 1. The van der Waals surface area contributed by atoms with Gasteiger partial charge in [-0.05, 0) is 32.4 Å². The minimum Gasteiger partial charge on any atom is -0.390 e. The third kappa shape index (κ3) is 4.40. The van der Waals surface area contributed by atoms with E-state index in [0.717, 1.165) is 32.2 Å². The number of rotatable bonds is 8. The fraction of sp³-hybridized carbons (Fsp3) is 1.00. The van der Waals surface area contributed by atoms with Gasteiger partial charge in [-0.2, -0.15) is 0 Å². The van der Waals surface area contributed by atoms with Crippen LogP contribution in [-0.2, 0) is 0 Å². The molecule has 84 valence electrons. The van der Waals surface area contributed by atoms with Crippen molar-refractivity contribution < 1.29 is 5.11 Å². The molecule has 14 heavy (non-hydrogen) atoms. The monoisotopic (exact) mass is 200 g/mol. The van der Waals surface area contributed by atoms with Crippen molar-refractivity contribution in [3.05, 3.63) is 0 Å². The summed E-state index contributed by atoms with van der Waals surface area (Å²) in [6.07, 6.45) is 3.63. The number of hydrogen-bond acceptors (Lipinski definition) is 3. The van der Waals surface area contributed by atoms with Crippen LogP contribution in [-0.4, -0.2) is 48.3 Å². The average Bonchev–Trinajstić information content (AvgIpc) is 2.97. The van der Waals surface area contributed by atoms with Gasteiger partial charge in [0.25, 0.3) is 0 Å². The molecule has 1 rings (SSSR count). The van der Waals surface area contributed by atoms with Crippen molar-refractivity contribution in [3.8, 4) is 0 Å². The van der Waals surface area contributed by atoms with E-state index in [1.54, 1.807) is 0 Å². The first-order valence-corrected chi connectivity index (χ1v) is 5.90. The van der Waals surface area contributed by atoms with Gasteiger partial charge in [-0.1, -0.05) is 13.8 Å². The highest BCUT2D eigenvalue weighted by Gasteiger charge is 2.29. The van der Waals surface area contributed by atoms with Crippen LogP contribution in [0.2, 0.25) is 0 Å². The first-order chi connectivity index (χ1) is 6.77. The molecule has 0 aromatic carbocycles. The maximum absolute atomic E-state index is 9.75. The first kappa shape index (κ1) is 12.0. The fourth-order valence-electron chi connectivity index (χ4n) is 1.80. The molecule has 3 nitrogen and oxygen atoms in total. The lowest BCUT2D eigenvalue weighted by Gasteiger charge is -2.24. The molecule has 0 bridgehead atoms. The van der Waals surface area contributed by atoms with Gasteiger partial charge < -0.3 is 10.4 Å². The van der Waals surface area contributed by atoms with Gasteiger partial charge in [-0.15, -0.1) is 0 Å². The quantitative estimate of drug-likeness (QED) is 0.609. The van der Waals surface area contributed by atoms with Crippen LogP contribution in [0.4, 0.5) is 0 Å². The summed E-state index contributed by atoms with van der Waals surface area (Å²) < 4.78 is 0. The minimum atomic E-state index is -0.206. The number of aliphatic hydroxyl groups is 1. The maximum atomic E-state index is 9.75. The zero-order valence-electron chi connectivity index (χ0n) is 9.50. The molecule has 0 amide bonds. The SMILES string of the molecule is CCCN(CC(O)CNCC)C1CC1. The van der Waals surface area contributed by atoms with E-state index in [9.17, 15) is 5.11 Å². The van der Waals surface area contributed by atoms with Crippen LogP contribution in [0.3, 0.4) is 0 Å². The van der Waals surface area contributed by atoms with Crippen LogP contribution in [0.15, 0.2) is 0 Å². The number of nitrogens with zero attached hydrogens (tertiary/aromatic N) is 1. The third-order valence-electron chi connectivity index (χ3n) is 2.65. The van der Waals surface area contributed by atoms with Crippen molar-refractivity contribution in [3.63, 3.8) is 0 Å². The molecule has 0 saturated heterocycles. The number of nitrogens with one attached hydrogen (secondary N) is 1. The van der Waals surface area contributed by atoms with E-state index in [1.165, 1.54) is 19.3 Å². The molecule has 0 spiro atoms. The second-order valence-electron chi connectivity index (χ2n) is 4.19. The summed E-state index contributed by atoms with van der Waals surface area (Å²) in [6, 6.07) is 0.770. The van der Waals surface area contributed by atoms with E-state index in [0.29, 0.717) is 0 Å². The molecule has 1 saturated carbocycles. The Morgan fingerprint density at radius 1 is 1.43 bits per heavy atom. The van der Waals surface area contributed by atoms with Crippen LogP contribution in [0.1, 0.15) is 33.1 Å². The molecule has 1 atom stereocenters. The molecule has 1 aliphatic rings. The van der Waals surface area contributed by atoms with Gasteiger partial charge in [0.05, 0.1) is 6.10 Å². The number of aliphatic hydroxyl groups excluding tert-OH is 1. The highest BCUT2D eigenvalue weighted by molar-refractivity contribution is 4.85. The maximum Gasteiger partial charge on any atom is 0.0791 e. The summed E-state index contributed by atoms with van der Waals surface area (Å²) in [4.78, 5) is 2.43. The normalized spacial score (nSPS) is 18.9. The second kappa shape index (κ2) is 6.38. The summed E-state index contributed by atoms with van der Waals surface area (Å²) >= 11 is 0. The van der Waals surface area contributed by atoms with Crippen molar-refractivity contribution in [1.29, 1.82) is 0 Å². The standard InChI is InChI=1S/C11H24N2O/c1-3-7-13(10-5-6-10)9-11(14)8-12-4-2/h10-12,14H,3-9H2,1-2H3. The van der Waals surface area contributed by atoms with Crippen molar-refractivity contribution in [2.75, 3.05) is 26.2 Å². The predicted octanol–water partition coefficient (Wildman–Crippen LogP) is 0.831. The lowest BCUT2D eigenvalue weighted by Crippen LogP contribution is -2.39. The third-order valence-corrected chi connectivity index (χ3v) is 2.65. The molecular formula is C11H24N2O. The van der Waals surface area contributed by atoms with Crippen molar-refractivity contribution in [2.24, 2.45) is 0 Å². The largest absolute Gasteiger partial charge is 0.390 e. The molecule has 0 radical (unpaired) electrons. The van der Waals surface area contributed by atoms with Gasteiger partial charge in [-0.3, -0.25) is 4.90 Å². The van der Waals surface area contributed by atoms with Gasteiger partial charge in [-0.25, -0.2) is 0 Å². The molecule has 0 aliphatic heterocycles. The summed E-state index contributed by atoms with van der Waals surface area (Å²) in [7, 11) is 0. The molecule has 0 aromatic heterocycles. The molecule has 1 fully saturated rings. The van der Waals surface area contributed by atoms with Crippen LogP contribution < -0.4 is 5.32 Å². The zero-order chi connectivity index (χ0) is 10.4. The van der Waals surface area contributed by atoms with Crippen molar-refractivity contribution >= 4 is 0 Å². The Kier molecular flexibility index (Phi) is 5.45. The van der Waals surface area contributed by atoms with Gasteiger partial charge in [0.1, 0.15) is 0 Å². The Bertz CT molecular complexity index is 148. The Hall–Kier alpha value is -0.120. The second-order valence-corrected chi connectivity index (χ2v) is 4.19. The Morgan fingerprint density at radius 2 is 2.14 bits per heavy atom. The van der Waals surface area contributed by atoms with Crippen molar-refractivity contribution in [1.82, 2.24) is 10.2 Å². The molecule has 1 unspecified atom stereocenters. The van der Waals surface area contributed by atoms with Gasteiger partial charge in [0, 0.05) is 19.1 Å². The van der Waals surface area contributed by atoms with E-state index in [2.05, 4.69) is 24.1 Å². The Morgan fingerprint density at radius 3 is 2.64 bits per heavy atom. The highest BCUT2D eigenvalue weighted by Crippen LogP contribution is 2.26. The van der Waals surface area contributed by atoms with Crippen LogP contribution in [0, 0.1) is 0 Å². The molecule has 2 N–H and O–H groups in total. The van der Waals surface area contributed by atoms with E-state index in [1.807, 2.05) is 0 Å². The summed E-state index contributed by atoms with van der Waals surface area (Å²) in [5, 5.41) is 12.9. The summed E-state index contributed by atoms with van der Waals surface area (Å²) in [6.45, 7) is 7.90. The fourth-order valence-corrected chi connectivity index (χ4v) is 1.80. The lowest BCUT2D eigenvalue weighted by molar-refractivity contribution is 0.107. The average molecular weight is 200 g/mol. The van der Waals surface area contributed by atoms with Gasteiger partial charge in [0.15, 0.2) is 0 Å². The Balaban J connectivity index is 2.16. The smallest absolute Gasteiger partial charge is 0.0791 e. The van der Waals surface area contributed by atoms with Gasteiger partial charge >= 0.3 is 0 Å². The predicted molar refractivity (Wildman–Crippen MR) is 59.4 cm³/mol. The lowest BCUT2D eigenvalue weighted by atomic mass is 10.3. The Labute approximate surface area is 87.5 Å². The van der Waals surface area contributed by atoms with Crippen LogP contribution in [0.25, 0.3) is 0 Å². The van der Waals surface area contributed by atoms with E-state index < -0.39 is 0 Å². The zero-order valence-corrected chi connectivity index (χ0v) is 9.50. The molecule has 1 aliphatic carbocycles. The van der Waals surface area contributed by atoms with E-state index in [-0.39, 0.29) is 6.10 Å². The molecular weight excluding hydrogens is 176 g/mol. The first-order valence-electron chi connectivity index (χ1n) is 5.90. The molecule has 0 aromatic rings. The van der Waals surface area contributed by atoms with Crippen LogP contribution in [0.5, 0.6) is 0 Å². The molecule has 3 heteroatoms. The minimum absolute atomic E-state index is 0.206. The van der Waals surface area contributed by atoms with Crippen molar-refractivity contribution in [2.45, 2.75) is 45.3 Å². The van der Waals surface area contributed by atoms with E-state index in [4.69, 9.17) is 0 Å². The molecule has 0 heterocycles. The summed E-state index contributed by atoms with van der Waals surface area (Å²) in [5.41, 5.74) is 0. The topological polar surface area (TPSA) is 35.5 Å². The summed E-state index contributed by atoms with van der Waals surface area (Å²) in [5.74, 6) is 0. The van der Waals surface area contributed by atoms with Gasteiger partial charge in [0.2, 0.25) is 0 Å². The van der Waals surface area contributed by atoms with Crippen LogP contribution >= 0.6 is 0 Å². The highest BCUT2D eigenvalue weighted by atomic mass is 16.3. The number of hydrogen-bond donors (Lipinski definition) is 2.